The second-order valence-corrected chi connectivity index (χ2v) is 4.94. The van der Waals surface area contributed by atoms with Crippen molar-refractivity contribution >= 4 is 5.69 Å². The minimum Gasteiger partial charge on any atom is -0.385 e. The van der Waals surface area contributed by atoms with Gasteiger partial charge in [-0.3, -0.25) is 0 Å². The van der Waals surface area contributed by atoms with Gasteiger partial charge in [-0.1, -0.05) is 18.2 Å². The summed E-state index contributed by atoms with van der Waals surface area (Å²) in [6.07, 6.45) is 3.58. The third-order valence-corrected chi connectivity index (χ3v) is 3.69. The third kappa shape index (κ3) is 2.45. The topological polar surface area (TPSA) is 33.3 Å². The van der Waals surface area contributed by atoms with Crippen molar-refractivity contribution in [3.63, 3.8) is 0 Å². The highest BCUT2D eigenvalue weighted by Gasteiger charge is 2.23. The molecule has 0 amide bonds. The maximum atomic E-state index is 5.44. The van der Waals surface area contributed by atoms with Gasteiger partial charge in [0.25, 0.3) is 0 Å². The predicted molar refractivity (Wildman–Crippen MR) is 69.3 cm³/mol. The zero-order chi connectivity index (χ0) is 11.5. The maximum absolute atomic E-state index is 5.44. The Balaban J connectivity index is 1.78. The maximum Gasteiger partial charge on any atom is 0.0620 e. The molecule has 3 heteroatoms. The van der Waals surface area contributed by atoms with E-state index in [1.165, 1.54) is 24.1 Å². The Bertz CT molecular complexity index is 374. The fourth-order valence-electron chi connectivity index (χ4n) is 2.77. The molecule has 17 heavy (non-hydrogen) atoms. The van der Waals surface area contributed by atoms with Crippen molar-refractivity contribution in [3.8, 4) is 0 Å². The molecular weight excluding hydrogens is 212 g/mol. The van der Waals surface area contributed by atoms with Gasteiger partial charge in [-0.15, -0.1) is 0 Å². The van der Waals surface area contributed by atoms with Crippen molar-refractivity contribution in [1.82, 2.24) is 5.32 Å². The summed E-state index contributed by atoms with van der Waals surface area (Å²) >= 11 is 0. The van der Waals surface area contributed by atoms with E-state index in [1.54, 1.807) is 0 Å². The van der Waals surface area contributed by atoms with Crippen LogP contribution in [-0.4, -0.2) is 25.8 Å². The number of fused-ring (bicyclic) bond motifs is 1. The largest absolute Gasteiger partial charge is 0.385 e. The number of hydrogen-bond donors (Lipinski definition) is 2. The van der Waals surface area contributed by atoms with Crippen LogP contribution in [0.25, 0.3) is 0 Å². The van der Waals surface area contributed by atoms with E-state index in [2.05, 4.69) is 34.9 Å². The fraction of sp³-hybridized carbons (Fsp3) is 0.571. The first-order valence-corrected chi connectivity index (χ1v) is 6.60. The molecule has 0 aromatic heterocycles. The molecule has 2 heterocycles. The Morgan fingerprint density at radius 3 is 3.06 bits per heavy atom. The molecule has 0 saturated carbocycles. The molecule has 3 nitrogen and oxygen atoms in total. The van der Waals surface area contributed by atoms with Gasteiger partial charge in [0, 0.05) is 30.9 Å². The first-order valence-electron chi connectivity index (χ1n) is 6.60. The van der Waals surface area contributed by atoms with Crippen LogP contribution in [0.15, 0.2) is 24.3 Å². The summed E-state index contributed by atoms with van der Waals surface area (Å²) in [5.41, 5.74) is 2.71. The number of nitrogens with one attached hydrogen (secondary N) is 2. The van der Waals surface area contributed by atoms with Crippen molar-refractivity contribution in [3.05, 3.63) is 29.8 Å². The molecule has 1 fully saturated rings. The standard InChI is InChI=1S/C14H20N2O/c1-2-5-13-12(4-1)14(6-3-8-15-13)16-11-7-9-17-10-11/h1-2,4-5,11,14-16H,3,6-10H2/t11-,14+/m0/s1. The summed E-state index contributed by atoms with van der Waals surface area (Å²) in [5.74, 6) is 0. The van der Waals surface area contributed by atoms with Crippen LogP contribution in [0.4, 0.5) is 5.69 Å². The number of hydrogen-bond acceptors (Lipinski definition) is 3. The quantitative estimate of drug-likeness (QED) is 0.821. The monoisotopic (exact) mass is 232 g/mol. The minimum absolute atomic E-state index is 0.480. The molecule has 2 N–H and O–H groups in total. The van der Waals surface area contributed by atoms with Gasteiger partial charge in [-0.2, -0.15) is 0 Å². The number of benzene rings is 1. The van der Waals surface area contributed by atoms with Crippen molar-refractivity contribution in [2.24, 2.45) is 0 Å². The fourth-order valence-corrected chi connectivity index (χ4v) is 2.77. The first-order chi connectivity index (χ1) is 8.43. The van der Waals surface area contributed by atoms with Gasteiger partial charge in [0.05, 0.1) is 6.61 Å². The SMILES string of the molecule is c1ccc2c(c1)NCCC[C@H]2N[C@H]1CCOC1. The van der Waals surface area contributed by atoms with Gasteiger partial charge in [0.1, 0.15) is 0 Å². The lowest BCUT2D eigenvalue weighted by atomic mass is 10.0. The summed E-state index contributed by atoms with van der Waals surface area (Å²) in [7, 11) is 0. The van der Waals surface area contributed by atoms with Gasteiger partial charge in [0.2, 0.25) is 0 Å². The van der Waals surface area contributed by atoms with E-state index in [9.17, 15) is 0 Å². The molecule has 0 radical (unpaired) electrons. The Labute approximate surface area is 103 Å². The van der Waals surface area contributed by atoms with Crippen LogP contribution < -0.4 is 10.6 Å². The lowest BCUT2D eigenvalue weighted by Crippen LogP contribution is -2.33. The molecule has 2 aliphatic heterocycles. The van der Waals surface area contributed by atoms with Crippen LogP contribution in [-0.2, 0) is 4.74 Å². The molecule has 1 saturated heterocycles. The number of anilines is 1. The Hall–Kier alpha value is -1.06. The Morgan fingerprint density at radius 2 is 2.18 bits per heavy atom. The molecule has 2 atom stereocenters. The smallest absolute Gasteiger partial charge is 0.0620 e. The predicted octanol–water partition coefficient (Wildman–Crippen LogP) is 2.31. The van der Waals surface area contributed by atoms with Crippen molar-refractivity contribution in [1.29, 1.82) is 0 Å². The lowest BCUT2D eigenvalue weighted by Gasteiger charge is -2.22. The molecule has 92 valence electrons. The van der Waals surface area contributed by atoms with Crippen LogP contribution in [0.3, 0.4) is 0 Å². The molecule has 1 aromatic carbocycles. The minimum atomic E-state index is 0.480. The molecule has 0 aliphatic carbocycles. The van der Waals surface area contributed by atoms with Gasteiger partial charge < -0.3 is 15.4 Å². The van der Waals surface area contributed by atoms with E-state index >= 15 is 0 Å². The molecule has 0 spiro atoms. The first kappa shape index (κ1) is 11.1. The van der Waals surface area contributed by atoms with E-state index in [0.717, 1.165) is 26.2 Å². The second-order valence-electron chi connectivity index (χ2n) is 4.94. The normalized spacial score (nSPS) is 28.2. The van der Waals surface area contributed by atoms with Crippen LogP contribution in [0.1, 0.15) is 30.9 Å². The van der Waals surface area contributed by atoms with Crippen LogP contribution in [0.5, 0.6) is 0 Å². The second kappa shape index (κ2) is 5.07. The number of ether oxygens (including phenoxy) is 1. The molecule has 0 bridgehead atoms. The van der Waals surface area contributed by atoms with E-state index in [0.29, 0.717) is 12.1 Å². The summed E-state index contributed by atoms with van der Waals surface area (Å²) in [4.78, 5) is 0. The molecule has 2 aliphatic rings. The highest BCUT2D eigenvalue weighted by Crippen LogP contribution is 2.30. The average Bonchev–Trinajstić information content (AvgIpc) is 2.78. The van der Waals surface area contributed by atoms with E-state index in [4.69, 9.17) is 4.74 Å². The average molecular weight is 232 g/mol. The van der Waals surface area contributed by atoms with Gasteiger partial charge in [-0.05, 0) is 30.9 Å². The van der Waals surface area contributed by atoms with Crippen molar-refractivity contribution in [2.45, 2.75) is 31.3 Å². The van der Waals surface area contributed by atoms with E-state index in [-0.39, 0.29) is 0 Å². The summed E-state index contributed by atoms with van der Waals surface area (Å²) in [6.45, 7) is 2.85. The molecule has 3 rings (SSSR count). The highest BCUT2D eigenvalue weighted by molar-refractivity contribution is 5.53. The van der Waals surface area contributed by atoms with Gasteiger partial charge in [0.15, 0.2) is 0 Å². The van der Waals surface area contributed by atoms with Crippen LogP contribution in [0, 0.1) is 0 Å². The third-order valence-electron chi connectivity index (χ3n) is 3.69. The Kier molecular flexibility index (Phi) is 3.29. The number of rotatable bonds is 2. The lowest BCUT2D eigenvalue weighted by molar-refractivity contribution is 0.187. The molecule has 1 aromatic rings. The zero-order valence-corrected chi connectivity index (χ0v) is 10.1. The molecular formula is C14H20N2O. The Morgan fingerprint density at radius 1 is 1.24 bits per heavy atom. The highest BCUT2D eigenvalue weighted by atomic mass is 16.5. The summed E-state index contributed by atoms with van der Waals surface area (Å²) < 4.78 is 5.44. The summed E-state index contributed by atoms with van der Waals surface area (Å²) in [5, 5.41) is 7.26. The summed E-state index contributed by atoms with van der Waals surface area (Å²) in [6, 6.07) is 9.67. The van der Waals surface area contributed by atoms with E-state index in [1.807, 2.05) is 0 Å². The number of para-hydroxylation sites is 1. The van der Waals surface area contributed by atoms with E-state index < -0.39 is 0 Å². The van der Waals surface area contributed by atoms with Crippen LogP contribution >= 0.6 is 0 Å². The zero-order valence-electron chi connectivity index (χ0n) is 10.1. The van der Waals surface area contributed by atoms with Gasteiger partial charge >= 0.3 is 0 Å². The van der Waals surface area contributed by atoms with Gasteiger partial charge in [-0.25, -0.2) is 0 Å². The van der Waals surface area contributed by atoms with Crippen molar-refractivity contribution < 1.29 is 4.74 Å². The molecule has 0 unspecified atom stereocenters. The van der Waals surface area contributed by atoms with Crippen molar-refractivity contribution in [2.75, 3.05) is 25.1 Å². The van der Waals surface area contributed by atoms with Crippen LogP contribution in [0.2, 0.25) is 0 Å².